The smallest absolute Gasteiger partial charge is 0.128 e. The van der Waals surface area contributed by atoms with E-state index < -0.39 is 0 Å². The second kappa shape index (κ2) is 2.01. The second-order valence-corrected chi connectivity index (χ2v) is 3.06. The Labute approximate surface area is 70.6 Å². The molecular weight excluding hydrogens is 148 g/mol. The highest BCUT2D eigenvalue weighted by molar-refractivity contribution is 5.92. The first-order chi connectivity index (χ1) is 5.95. The Balaban J connectivity index is 2.58. The van der Waals surface area contributed by atoms with E-state index in [-0.39, 0.29) is 0 Å². The van der Waals surface area contributed by atoms with Crippen LogP contribution >= 0.6 is 0 Å². The van der Waals surface area contributed by atoms with Gasteiger partial charge >= 0.3 is 0 Å². The average Bonchev–Trinajstić information content (AvgIpc) is 2.52. The maximum Gasteiger partial charge on any atom is 0.128 e. The zero-order valence-electron chi connectivity index (χ0n) is 6.58. The van der Waals surface area contributed by atoms with E-state index in [1.807, 2.05) is 12.1 Å². The molecule has 0 aliphatic carbocycles. The van der Waals surface area contributed by atoms with Crippen LogP contribution in [0.1, 0.15) is 5.56 Å². The molecule has 0 saturated carbocycles. The lowest BCUT2D eigenvalue weighted by Gasteiger charge is -1.97. The minimum atomic E-state index is 0.733. The van der Waals surface area contributed by atoms with Crippen molar-refractivity contribution in [1.29, 1.82) is 0 Å². The van der Waals surface area contributed by atoms with Crippen LogP contribution in [0.3, 0.4) is 0 Å². The van der Waals surface area contributed by atoms with Gasteiger partial charge in [0.25, 0.3) is 0 Å². The second-order valence-electron chi connectivity index (χ2n) is 3.06. The fourth-order valence-corrected chi connectivity index (χ4v) is 1.78. The Morgan fingerprint density at radius 3 is 2.75 bits per heavy atom. The van der Waals surface area contributed by atoms with Gasteiger partial charge in [-0.25, -0.2) is 0 Å². The lowest BCUT2D eigenvalue weighted by Crippen LogP contribution is -1.83. The van der Waals surface area contributed by atoms with Crippen LogP contribution in [-0.4, -0.2) is 0 Å². The number of ether oxygens (including phenoxy) is 1. The third-order valence-electron chi connectivity index (χ3n) is 2.34. The van der Waals surface area contributed by atoms with E-state index in [9.17, 15) is 0 Å². The fraction of sp³-hybridized carbons (Fsp3) is 0.0909. The van der Waals surface area contributed by atoms with Crippen molar-refractivity contribution in [2.24, 2.45) is 0 Å². The summed E-state index contributed by atoms with van der Waals surface area (Å²) >= 11 is 0. The number of rotatable bonds is 0. The highest BCUT2D eigenvalue weighted by Gasteiger charge is 2.13. The summed E-state index contributed by atoms with van der Waals surface area (Å²) in [4.78, 5) is 0. The normalized spacial score (nSPS) is 13.3. The van der Waals surface area contributed by atoms with Crippen LogP contribution in [0.15, 0.2) is 36.4 Å². The highest BCUT2D eigenvalue weighted by atomic mass is 16.5. The number of benzene rings is 2. The van der Waals surface area contributed by atoms with Gasteiger partial charge in [0.2, 0.25) is 0 Å². The molecule has 2 aromatic rings. The predicted molar refractivity (Wildman–Crippen MR) is 48.3 cm³/mol. The van der Waals surface area contributed by atoms with E-state index in [1.165, 1.54) is 16.3 Å². The van der Waals surface area contributed by atoms with Crippen LogP contribution in [0.5, 0.6) is 5.75 Å². The standard InChI is InChI=1S/C11H8O/c1-3-8-4-2-6-10-11(8)9(5-1)7-12-10/h1-6H,7H2. The Morgan fingerprint density at radius 1 is 1.00 bits per heavy atom. The summed E-state index contributed by atoms with van der Waals surface area (Å²) in [6.07, 6.45) is 0. The Hall–Kier alpha value is -1.50. The van der Waals surface area contributed by atoms with Crippen molar-refractivity contribution in [3.8, 4) is 5.75 Å². The fourth-order valence-electron chi connectivity index (χ4n) is 1.78. The van der Waals surface area contributed by atoms with E-state index in [4.69, 9.17) is 4.74 Å². The van der Waals surface area contributed by atoms with E-state index in [0.29, 0.717) is 0 Å². The summed E-state index contributed by atoms with van der Waals surface area (Å²) in [6, 6.07) is 12.5. The molecule has 1 nitrogen and oxygen atoms in total. The number of hydrogen-bond donors (Lipinski definition) is 0. The van der Waals surface area contributed by atoms with Crippen LogP contribution in [0.4, 0.5) is 0 Å². The summed E-state index contributed by atoms with van der Waals surface area (Å²) in [5, 5.41) is 2.57. The van der Waals surface area contributed by atoms with Gasteiger partial charge in [-0.2, -0.15) is 0 Å². The summed E-state index contributed by atoms with van der Waals surface area (Å²) in [5.41, 5.74) is 1.31. The molecule has 1 aliphatic heterocycles. The molecule has 0 bridgehead atoms. The van der Waals surface area contributed by atoms with Gasteiger partial charge in [-0.1, -0.05) is 30.3 Å². The third kappa shape index (κ3) is 0.632. The molecule has 1 heteroatoms. The van der Waals surface area contributed by atoms with Gasteiger partial charge in [0, 0.05) is 10.9 Å². The number of hydrogen-bond acceptors (Lipinski definition) is 1. The first kappa shape index (κ1) is 6.06. The van der Waals surface area contributed by atoms with E-state index >= 15 is 0 Å². The lowest BCUT2D eigenvalue weighted by molar-refractivity contribution is 0.327. The maximum atomic E-state index is 5.51. The third-order valence-corrected chi connectivity index (χ3v) is 2.34. The van der Waals surface area contributed by atoms with Crippen molar-refractivity contribution in [3.05, 3.63) is 42.0 Å². The Kier molecular flexibility index (Phi) is 1.01. The first-order valence-corrected chi connectivity index (χ1v) is 4.08. The summed E-state index contributed by atoms with van der Waals surface area (Å²) in [7, 11) is 0. The van der Waals surface area contributed by atoms with E-state index in [0.717, 1.165) is 12.4 Å². The molecule has 0 fully saturated rings. The topological polar surface area (TPSA) is 9.23 Å². The minimum Gasteiger partial charge on any atom is -0.488 e. The minimum absolute atomic E-state index is 0.733. The van der Waals surface area contributed by atoms with Gasteiger partial charge < -0.3 is 4.74 Å². The van der Waals surface area contributed by atoms with Crippen LogP contribution in [0.2, 0.25) is 0 Å². The van der Waals surface area contributed by atoms with Gasteiger partial charge in [0.1, 0.15) is 12.4 Å². The quantitative estimate of drug-likeness (QED) is 0.569. The maximum absolute atomic E-state index is 5.51. The van der Waals surface area contributed by atoms with Crippen molar-refractivity contribution >= 4 is 10.8 Å². The monoisotopic (exact) mass is 156 g/mol. The van der Waals surface area contributed by atoms with Gasteiger partial charge in [0.15, 0.2) is 0 Å². The largest absolute Gasteiger partial charge is 0.488 e. The summed E-state index contributed by atoms with van der Waals surface area (Å²) < 4.78 is 5.51. The molecule has 3 rings (SSSR count). The molecule has 0 atom stereocenters. The summed E-state index contributed by atoms with van der Waals surface area (Å²) in [6.45, 7) is 0.733. The Morgan fingerprint density at radius 2 is 1.83 bits per heavy atom. The molecule has 0 spiro atoms. The average molecular weight is 156 g/mol. The van der Waals surface area contributed by atoms with Gasteiger partial charge in [-0.05, 0) is 11.5 Å². The zero-order chi connectivity index (χ0) is 7.97. The van der Waals surface area contributed by atoms with Crippen molar-refractivity contribution in [3.63, 3.8) is 0 Å². The molecule has 1 heterocycles. The molecule has 0 unspecified atom stereocenters. The van der Waals surface area contributed by atoms with E-state index in [2.05, 4.69) is 24.3 Å². The zero-order valence-corrected chi connectivity index (χ0v) is 6.58. The van der Waals surface area contributed by atoms with Crippen molar-refractivity contribution < 1.29 is 4.74 Å². The van der Waals surface area contributed by atoms with Crippen molar-refractivity contribution in [1.82, 2.24) is 0 Å². The molecule has 0 amide bonds. The molecule has 0 aromatic heterocycles. The lowest BCUT2D eigenvalue weighted by atomic mass is 10.1. The van der Waals surface area contributed by atoms with Gasteiger partial charge in [0.05, 0.1) is 0 Å². The predicted octanol–water partition coefficient (Wildman–Crippen LogP) is 2.73. The molecule has 1 aliphatic rings. The molecular formula is C11H8O. The van der Waals surface area contributed by atoms with Gasteiger partial charge in [-0.3, -0.25) is 0 Å². The molecule has 0 radical (unpaired) electrons. The molecule has 12 heavy (non-hydrogen) atoms. The molecule has 0 N–H and O–H groups in total. The van der Waals surface area contributed by atoms with Gasteiger partial charge in [-0.15, -0.1) is 0 Å². The molecule has 2 aromatic carbocycles. The van der Waals surface area contributed by atoms with Crippen LogP contribution in [0.25, 0.3) is 10.8 Å². The molecule has 0 saturated heterocycles. The SMILES string of the molecule is c1cc2c3c(cccc3c1)OC2. The van der Waals surface area contributed by atoms with Crippen LogP contribution in [-0.2, 0) is 6.61 Å². The van der Waals surface area contributed by atoms with Crippen LogP contribution in [0, 0.1) is 0 Å². The van der Waals surface area contributed by atoms with Crippen molar-refractivity contribution in [2.45, 2.75) is 6.61 Å². The molecule has 58 valence electrons. The summed E-state index contributed by atoms with van der Waals surface area (Å²) in [5.74, 6) is 1.03. The van der Waals surface area contributed by atoms with Crippen LogP contribution < -0.4 is 4.74 Å². The highest BCUT2D eigenvalue weighted by Crippen LogP contribution is 2.34. The first-order valence-electron chi connectivity index (χ1n) is 4.08. The Bertz CT molecular complexity index is 407. The van der Waals surface area contributed by atoms with Crippen molar-refractivity contribution in [2.75, 3.05) is 0 Å². The van der Waals surface area contributed by atoms with E-state index in [1.54, 1.807) is 0 Å².